The molecule has 124 valence electrons. The molecule has 9 heteroatoms. The Morgan fingerprint density at radius 2 is 2.22 bits per heavy atom. The van der Waals surface area contributed by atoms with Gasteiger partial charge in [0.05, 0.1) is 25.1 Å². The molecule has 5 N–H and O–H groups in total. The van der Waals surface area contributed by atoms with Crippen molar-refractivity contribution in [3.8, 4) is 0 Å². The van der Waals surface area contributed by atoms with E-state index in [1.807, 2.05) is 6.92 Å². The predicted octanol–water partition coefficient (Wildman–Crippen LogP) is -0.204. The van der Waals surface area contributed by atoms with Gasteiger partial charge in [0.1, 0.15) is 11.6 Å². The van der Waals surface area contributed by atoms with Crippen LogP contribution in [0.3, 0.4) is 0 Å². The van der Waals surface area contributed by atoms with E-state index in [1.165, 1.54) is 11.8 Å². The highest BCUT2D eigenvalue weighted by Gasteiger charge is 2.71. The molecule has 5 unspecified atom stereocenters. The zero-order valence-corrected chi connectivity index (χ0v) is 13.4. The summed E-state index contributed by atoms with van der Waals surface area (Å²) in [5, 5.41) is 30.9. The smallest absolute Gasteiger partial charge is 0.191 e. The van der Waals surface area contributed by atoms with Gasteiger partial charge in [-0.15, -0.1) is 0 Å². The number of rotatable bonds is 4. The average molecular weight is 337 g/mol. The molecule has 0 bridgehead atoms. The van der Waals surface area contributed by atoms with Crippen LogP contribution in [0.2, 0.25) is 0 Å². The second kappa shape index (κ2) is 5.04. The minimum atomic E-state index is -0.961. The zero-order valence-electron chi connectivity index (χ0n) is 12.6. The van der Waals surface area contributed by atoms with E-state index >= 15 is 0 Å². The SMILES string of the molecule is CCSc1nc(N)c2ncn(C3C(O)C(O)C4(CO)CC34)c2n1. The third-order valence-corrected chi connectivity index (χ3v) is 5.90. The van der Waals surface area contributed by atoms with Gasteiger partial charge in [0.25, 0.3) is 0 Å². The summed E-state index contributed by atoms with van der Waals surface area (Å²) in [7, 11) is 0. The minimum Gasteiger partial charge on any atom is -0.396 e. The second-order valence-corrected chi connectivity index (χ2v) is 7.51. The van der Waals surface area contributed by atoms with E-state index in [0.717, 1.165) is 5.75 Å². The van der Waals surface area contributed by atoms with Crippen molar-refractivity contribution in [2.75, 3.05) is 18.1 Å². The molecule has 0 saturated heterocycles. The molecule has 0 radical (unpaired) electrons. The number of nitrogens with two attached hydrogens (primary N) is 1. The van der Waals surface area contributed by atoms with Crippen LogP contribution in [0, 0.1) is 11.3 Å². The van der Waals surface area contributed by atoms with E-state index in [-0.39, 0.29) is 18.6 Å². The highest BCUT2D eigenvalue weighted by atomic mass is 32.2. The Kier molecular flexibility index (Phi) is 3.31. The van der Waals surface area contributed by atoms with Crippen molar-refractivity contribution in [3.63, 3.8) is 0 Å². The fraction of sp³-hybridized carbons (Fsp3) is 0.643. The Labute approximate surface area is 136 Å². The molecule has 4 rings (SSSR count). The molecule has 2 saturated carbocycles. The van der Waals surface area contributed by atoms with Gasteiger partial charge < -0.3 is 25.6 Å². The predicted molar refractivity (Wildman–Crippen MR) is 84.8 cm³/mol. The molecule has 0 spiro atoms. The van der Waals surface area contributed by atoms with E-state index < -0.39 is 17.6 Å². The van der Waals surface area contributed by atoms with Crippen molar-refractivity contribution in [1.29, 1.82) is 0 Å². The summed E-state index contributed by atoms with van der Waals surface area (Å²) in [6.07, 6.45) is 0.367. The van der Waals surface area contributed by atoms with Gasteiger partial charge in [-0.2, -0.15) is 0 Å². The van der Waals surface area contributed by atoms with Crippen LogP contribution in [0.25, 0.3) is 11.2 Å². The summed E-state index contributed by atoms with van der Waals surface area (Å²) in [5.41, 5.74) is 6.42. The zero-order chi connectivity index (χ0) is 16.4. The summed E-state index contributed by atoms with van der Waals surface area (Å²) in [6.45, 7) is 1.87. The van der Waals surface area contributed by atoms with Gasteiger partial charge >= 0.3 is 0 Å². The third-order valence-electron chi connectivity index (χ3n) is 5.17. The third kappa shape index (κ3) is 1.94. The van der Waals surface area contributed by atoms with Crippen molar-refractivity contribution in [1.82, 2.24) is 19.5 Å². The van der Waals surface area contributed by atoms with Gasteiger partial charge in [0.2, 0.25) is 0 Å². The molecule has 5 atom stereocenters. The first-order valence-corrected chi connectivity index (χ1v) is 8.62. The quantitative estimate of drug-likeness (QED) is 0.445. The maximum Gasteiger partial charge on any atom is 0.191 e. The summed E-state index contributed by atoms with van der Waals surface area (Å²) in [5.74, 6) is 1.13. The molecular formula is C14H19N5O3S. The molecule has 0 aliphatic heterocycles. The maximum atomic E-state index is 10.4. The minimum absolute atomic E-state index is 0.00775. The fourth-order valence-electron chi connectivity index (χ4n) is 3.88. The van der Waals surface area contributed by atoms with Crippen molar-refractivity contribution >= 4 is 28.7 Å². The monoisotopic (exact) mass is 337 g/mol. The van der Waals surface area contributed by atoms with Crippen molar-refractivity contribution in [2.24, 2.45) is 11.3 Å². The molecule has 2 fully saturated rings. The van der Waals surface area contributed by atoms with Gasteiger partial charge in [0.15, 0.2) is 16.6 Å². The lowest BCUT2D eigenvalue weighted by Crippen LogP contribution is -2.35. The number of aromatic nitrogens is 4. The lowest BCUT2D eigenvalue weighted by molar-refractivity contribution is -0.0300. The van der Waals surface area contributed by atoms with Crippen LogP contribution >= 0.6 is 11.8 Å². The highest BCUT2D eigenvalue weighted by molar-refractivity contribution is 7.99. The van der Waals surface area contributed by atoms with Crippen LogP contribution in [0.4, 0.5) is 5.82 Å². The van der Waals surface area contributed by atoms with Crippen LogP contribution in [-0.4, -0.2) is 59.4 Å². The molecule has 2 aliphatic rings. The number of nitrogen functional groups attached to an aromatic ring is 1. The molecular weight excluding hydrogens is 318 g/mol. The number of nitrogens with zero attached hydrogens (tertiary/aromatic N) is 4. The first-order valence-electron chi connectivity index (χ1n) is 7.63. The van der Waals surface area contributed by atoms with Gasteiger partial charge in [-0.05, 0) is 18.1 Å². The van der Waals surface area contributed by atoms with Crippen molar-refractivity contribution in [3.05, 3.63) is 6.33 Å². The van der Waals surface area contributed by atoms with Crippen molar-refractivity contribution in [2.45, 2.75) is 36.8 Å². The number of aliphatic hydroxyl groups is 3. The van der Waals surface area contributed by atoms with E-state index in [4.69, 9.17) is 5.73 Å². The molecule has 2 aliphatic carbocycles. The van der Waals surface area contributed by atoms with E-state index in [0.29, 0.717) is 28.6 Å². The van der Waals surface area contributed by atoms with Crippen LogP contribution in [0.15, 0.2) is 11.5 Å². The number of hydrogen-bond donors (Lipinski definition) is 4. The van der Waals surface area contributed by atoms with Crippen LogP contribution in [0.5, 0.6) is 0 Å². The Hall–Kier alpha value is -1.42. The number of aliphatic hydroxyl groups excluding tert-OH is 3. The maximum absolute atomic E-state index is 10.4. The van der Waals surface area contributed by atoms with Crippen molar-refractivity contribution < 1.29 is 15.3 Å². The summed E-state index contributed by atoms with van der Waals surface area (Å²) in [6, 6.07) is -0.365. The first kappa shape index (κ1) is 15.1. The molecule has 0 amide bonds. The van der Waals surface area contributed by atoms with E-state index in [2.05, 4.69) is 15.0 Å². The highest BCUT2D eigenvalue weighted by Crippen LogP contribution is 2.67. The second-order valence-electron chi connectivity index (χ2n) is 6.28. The number of thioether (sulfide) groups is 1. The van der Waals surface area contributed by atoms with Gasteiger partial charge in [-0.3, -0.25) is 0 Å². The lowest BCUT2D eigenvalue weighted by Gasteiger charge is -2.23. The fourth-order valence-corrected chi connectivity index (χ4v) is 4.45. The summed E-state index contributed by atoms with van der Waals surface area (Å²) < 4.78 is 1.77. The van der Waals surface area contributed by atoms with Gasteiger partial charge in [-0.1, -0.05) is 18.7 Å². The summed E-state index contributed by atoms with van der Waals surface area (Å²) >= 11 is 1.48. The van der Waals surface area contributed by atoms with Crippen LogP contribution in [0.1, 0.15) is 19.4 Å². The molecule has 0 aromatic carbocycles. The van der Waals surface area contributed by atoms with E-state index in [9.17, 15) is 15.3 Å². The standard InChI is InChI=1S/C14H19N5O3S/c1-2-23-13-17-11(15)7-12(18-13)19(5-16-7)8-6-3-14(6,4-20)10(22)9(8)21/h5-6,8-10,20-22H,2-4H2,1H3,(H2,15,17,18). The van der Waals surface area contributed by atoms with Gasteiger partial charge in [-0.25, -0.2) is 15.0 Å². The molecule has 2 aromatic heterocycles. The Morgan fingerprint density at radius 3 is 2.87 bits per heavy atom. The summed E-state index contributed by atoms with van der Waals surface area (Å²) in [4.78, 5) is 13.0. The normalized spacial score (nSPS) is 35.7. The molecule has 2 heterocycles. The lowest BCUT2D eigenvalue weighted by atomic mass is 10.0. The topological polar surface area (TPSA) is 130 Å². The average Bonchev–Trinajstić information content (AvgIpc) is 3.04. The van der Waals surface area contributed by atoms with Crippen LogP contribution in [-0.2, 0) is 0 Å². The van der Waals surface area contributed by atoms with Crippen LogP contribution < -0.4 is 5.73 Å². The Morgan fingerprint density at radius 1 is 1.43 bits per heavy atom. The largest absolute Gasteiger partial charge is 0.396 e. The number of anilines is 1. The molecule has 23 heavy (non-hydrogen) atoms. The van der Waals surface area contributed by atoms with Gasteiger partial charge in [0, 0.05) is 5.41 Å². The van der Waals surface area contributed by atoms with E-state index in [1.54, 1.807) is 10.9 Å². The number of hydrogen-bond acceptors (Lipinski definition) is 8. The number of imidazole rings is 1. The molecule has 8 nitrogen and oxygen atoms in total. The number of fused-ring (bicyclic) bond motifs is 2. The molecule has 2 aromatic rings. The first-order chi connectivity index (χ1) is 11.0. The Bertz CT molecular complexity index is 768. The Balaban J connectivity index is 1.81.